The van der Waals surface area contributed by atoms with Gasteiger partial charge in [-0.1, -0.05) is 0 Å². The summed E-state index contributed by atoms with van der Waals surface area (Å²) >= 11 is 0. The number of amides is 2. The lowest BCUT2D eigenvalue weighted by atomic mass is 10.1. The quantitative estimate of drug-likeness (QED) is 0.701. The molecule has 4 nitrogen and oxygen atoms in total. The van der Waals surface area contributed by atoms with E-state index in [0.717, 1.165) is 25.0 Å². The number of rotatable bonds is 6. The predicted molar refractivity (Wildman–Crippen MR) is 70.2 cm³/mol. The van der Waals surface area contributed by atoms with Gasteiger partial charge in [-0.15, -0.1) is 0 Å². The van der Waals surface area contributed by atoms with Crippen LogP contribution in [0.1, 0.15) is 18.4 Å². The maximum absolute atomic E-state index is 13.0. The Kier molecular flexibility index (Phi) is 5.06. The lowest BCUT2D eigenvalue weighted by Crippen LogP contribution is -2.41. The summed E-state index contributed by atoms with van der Waals surface area (Å²) in [6.45, 7) is 0.326. The second-order valence-electron chi connectivity index (χ2n) is 5.17. The fourth-order valence-electron chi connectivity index (χ4n) is 1.98. The van der Waals surface area contributed by atoms with Crippen molar-refractivity contribution in [3.8, 4) is 0 Å². The van der Waals surface area contributed by atoms with Gasteiger partial charge in [-0.2, -0.15) is 0 Å². The molecule has 0 bridgehead atoms. The molecule has 0 radical (unpaired) electrons. The maximum Gasteiger partial charge on any atom is 0.314 e. The highest BCUT2D eigenvalue weighted by Crippen LogP contribution is 2.32. The Balaban J connectivity index is 1.69. The first-order chi connectivity index (χ1) is 9.97. The van der Waals surface area contributed by atoms with E-state index in [1.54, 1.807) is 0 Å². The van der Waals surface area contributed by atoms with Crippen LogP contribution in [0.5, 0.6) is 0 Å². The molecule has 1 aromatic rings. The summed E-state index contributed by atoms with van der Waals surface area (Å²) in [5.41, 5.74) is 0.254. The summed E-state index contributed by atoms with van der Waals surface area (Å²) in [4.78, 5) is 11.4. The molecule has 1 aromatic carbocycles. The number of hydrogen-bond donors (Lipinski definition) is 3. The second kappa shape index (κ2) is 6.80. The number of aliphatic hydroxyl groups is 1. The van der Waals surface area contributed by atoms with Crippen LogP contribution in [0.3, 0.4) is 0 Å². The molecule has 0 saturated heterocycles. The van der Waals surface area contributed by atoms with Crippen molar-refractivity contribution in [3.05, 3.63) is 35.1 Å². The Morgan fingerprint density at radius 2 is 1.86 bits per heavy atom. The van der Waals surface area contributed by atoms with Crippen molar-refractivity contribution in [1.82, 2.24) is 10.6 Å². The summed E-state index contributed by atoms with van der Waals surface area (Å²) in [6.07, 6.45) is 1.60. The van der Waals surface area contributed by atoms with E-state index in [4.69, 9.17) is 0 Å². The summed E-state index contributed by atoms with van der Waals surface area (Å²) in [7, 11) is 0. The molecule has 1 fully saturated rings. The fourth-order valence-corrected chi connectivity index (χ4v) is 1.98. The number of urea groups is 1. The SMILES string of the molecule is O=C(NCCc1cc(F)c(F)c(F)c1)NCC(O)C1CC1. The van der Waals surface area contributed by atoms with E-state index in [1.807, 2.05) is 0 Å². The van der Waals surface area contributed by atoms with Gasteiger partial charge in [0.25, 0.3) is 0 Å². The van der Waals surface area contributed by atoms with Crippen LogP contribution in [-0.2, 0) is 6.42 Å². The molecule has 1 atom stereocenters. The number of aliphatic hydroxyl groups excluding tert-OH is 1. The number of nitrogens with one attached hydrogen (secondary N) is 2. The van der Waals surface area contributed by atoms with Crippen LogP contribution < -0.4 is 10.6 Å². The molecule has 0 aromatic heterocycles. The number of halogens is 3. The van der Waals surface area contributed by atoms with Crippen LogP contribution in [0.2, 0.25) is 0 Å². The zero-order chi connectivity index (χ0) is 15.4. The average molecular weight is 302 g/mol. The average Bonchev–Trinajstić information content (AvgIpc) is 3.26. The first kappa shape index (κ1) is 15.6. The van der Waals surface area contributed by atoms with Crippen LogP contribution in [0.15, 0.2) is 12.1 Å². The smallest absolute Gasteiger partial charge is 0.314 e. The van der Waals surface area contributed by atoms with Crippen LogP contribution in [0.4, 0.5) is 18.0 Å². The number of carbonyl (C=O) groups excluding carboxylic acids is 1. The summed E-state index contributed by atoms with van der Waals surface area (Å²) in [6, 6.07) is 1.33. The monoisotopic (exact) mass is 302 g/mol. The topological polar surface area (TPSA) is 61.4 Å². The van der Waals surface area contributed by atoms with Crippen molar-refractivity contribution in [3.63, 3.8) is 0 Å². The Hall–Kier alpha value is -1.76. The molecule has 2 rings (SSSR count). The predicted octanol–water partition coefficient (Wildman–Crippen LogP) is 1.72. The van der Waals surface area contributed by atoms with E-state index in [-0.39, 0.29) is 31.0 Å². The van der Waals surface area contributed by atoms with Gasteiger partial charge in [-0.05, 0) is 42.9 Å². The van der Waals surface area contributed by atoms with Gasteiger partial charge < -0.3 is 15.7 Å². The Labute approximate surface area is 120 Å². The Bertz CT molecular complexity index is 498. The van der Waals surface area contributed by atoms with Gasteiger partial charge in [-0.25, -0.2) is 18.0 Å². The molecular formula is C14H17F3N2O2. The molecule has 1 saturated carbocycles. The normalized spacial score (nSPS) is 15.6. The van der Waals surface area contributed by atoms with Gasteiger partial charge in [-0.3, -0.25) is 0 Å². The zero-order valence-corrected chi connectivity index (χ0v) is 11.3. The van der Waals surface area contributed by atoms with Gasteiger partial charge in [0.1, 0.15) is 0 Å². The van der Waals surface area contributed by atoms with E-state index < -0.39 is 29.6 Å². The van der Waals surface area contributed by atoms with E-state index in [9.17, 15) is 23.1 Å². The van der Waals surface area contributed by atoms with Crippen molar-refractivity contribution in [2.24, 2.45) is 5.92 Å². The first-order valence-electron chi connectivity index (χ1n) is 6.80. The van der Waals surface area contributed by atoms with Crippen molar-refractivity contribution in [2.45, 2.75) is 25.4 Å². The lowest BCUT2D eigenvalue weighted by molar-refractivity contribution is 0.149. The van der Waals surface area contributed by atoms with Gasteiger partial charge in [0.05, 0.1) is 6.10 Å². The zero-order valence-electron chi connectivity index (χ0n) is 11.3. The van der Waals surface area contributed by atoms with Crippen LogP contribution in [0.25, 0.3) is 0 Å². The largest absolute Gasteiger partial charge is 0.391 e. The van der Waals surface area contributed by atoms with E-state index in [2.05, 4.69) is 10.6 Å². The molecule has 21 heavy (non-hydrogen) atoms. The van der Waals surface area contributed by atoms with Gasteiger partial charge in [0.15, 0.2) is 17.5 Å². The molecule has 0 spiro atoms. The van der Waals surface area contributed by atoms with Gasteiger partial charge in [0, 0.05) is 13.1 Å². The highest BCUT2D eigenvalue weighted by Gasteiger charge is 2.29. The molecular weight excluding hydrogens is 285 g/mol. The number of carbonyl (C=O) groups is 1. The third kappa shape index (κ3) is 4.63. The minimum Gasteiger partial charge on any atom is -0.391 e. The van der Waals surface area contributed by atoms with Crippen molar-refractivity contribution < 1.29 is 23.1 Å². The molecule has 1 unspecified atom stereocenters. The second-order valence-corrected chi connectivity index (χ2v) is 5.17. The van der Waals surface area contributed by atoms with Crippen LogP contribution in [-0.4, -0.2) is 30.3 Å². The molecule has 1 aliphatic rings. The number of hydrogen-bond acceptors (Lipinski definition) is 2. The molecule has 116 valence electrons. The minimum atomic E-state index is -1.50. The molecule has 1 aliphatic carbocycles. The summed E-state index contributed by atoms with van der Waals surface area (Å²) in [5, 5.41) is 14.6. The first-order valence-corrected chi connectivity index (χ1v) is 6.80. The molecule has 0 aliphatic heterocycles. The number of benzene rings is 1. The molecule has 0 heterocycles. The third-order valence-corrected chi connectivity index (χ3v) is 3.38. The van der Waals surface area contributed by atoms with Crippen LogP contribution >= 0.6 is 0 Å². The van der Waals surface area contributed by atoms with E-state index >= 15 is 0 Å². The van der Waals surface area contributed by atoms with Crippen molar-refractivity contribution in [2.75, 3.05) is 13.1 Å². The third-order valence-electron chi connectivity index (χ3n) is 3.38. The Morgan fingerprint density at radius 3 is 2.43 bits per heavy atom. The summed E-state index contributed by atoms with van der Waals surface area (Å²) in [5.74, 6) is -3.72. The van der Waals surface area contributed by atoms with Crippen molar-refractivity contribution in [1.29, 1.82) is 0 Å². The fraction of sp³-hybridized carbons (Fsp3) is 0.500. The maximum atomic E-state index is 13.0. The molecule has 3 N–H and O–H groups in total. The van der Waals surface area contributed by atoms with Gasteiger partial charge >= 0.3 is 6.03 Å². The van der Waals surface area contributed by atoms with E-state index in [1.165, 1.54) is 0 Å². The summed E-state index contributed by atoms with van der Waals surface area (Å²) < 4.78 is 38.7. The van der Waals surface area contributed by atoms with Crippen LogP contribution in [0, 0.1) is 23.4 Å². The minimum absolute atomic E-state index is 0.149. The Morgan fingerprint density at radius 1 is 1.24 bits per heavy atom. The standard InChI is InChI=1S/C14H17F3N2O2/c15-10-5-8(6-11(16)13(10)17)3-4-18-14(21)19-7-12(20)9-1-2-9/h5-6,9,12,20H,1-4,7H2,(H2,18,19,21). The highest BCUT2D eigenvalue weighted by molar-refractivity contribution is 5.73. The molecule has 2 amide bonds. The lowest BCUT2D eigenvalue weighted by Gasteiger charge is -2.11. The molecule has 7 heteroatoms. The van der Waals surface area contributed by atoms with Crippen molar-refractivity contribution >= 4 is 6.03 Å². The van der Waals surface area contributed by atoms with E-state index in [0.29, 0.717) is 0 Å². The van der Waals surface area contributed by atoms with Gasteiger partial charge in [0.2, 0.25) is 0 Å². The highest BCUT2D eigenvalue weighted by atomic mass is 19.2.